The zero-order chi connectivity index (χ0) is 24.1. The lowest BCUT2D eigenvalue weighted by Gasteiger charge is -2.28. The zero-order valence-corrected chi connectivity index (χ0v) is 21.4. The van der Waals surface area contributed by atoms with Crippen molar-refractivity contribution in [3.63, 3.8) is 0 Å². The van der Waals surface area contributed by atoms with Gasteiger partial charge >= 0.3 is 0 Å². The van der Waals surface area contributed by atoms with Crippen LogP contribution in [-0.4, -0.2) is 58.5 Å². The number of nitrogens with zero attached hydrogens (tertiary/aromatic N) is 5. The normalized spacial score (nSPS) is 14.9. The zero-order valence-electron chi connectivity index (χ0n) is 19.9. The van der Waals surface area contributed by atoms with E-state index in [1.165, 1.54) is 36.7 Å². The smallest absolute Gasteiger partial charge is 0.234 e. The number of rotatable bonds is 8. The molecule has 2 heterocycles. The van der Waals surface area contributed by atoms with Crippen LogP contribution in [0.3, 0.4) is 0 Å². The largest absolute Gasteiger partial charge is 0.372 e. The van der Waals surface area contributed by atoms with Crippen LogP contribution in [-0.2, 0) is 4.79 Å². The number of halogens is 1. The summed E-state index contributed by atoms with van der Waals surface area (Å²) in [6.45, 7) is 4.28. The molecule has 1 saturated heterocycles. The van der Waals surface area contributed by atoms with Gasteiger partial charge in [0.1, 0.15) is 0 Å². The Kier molecular flexibility index (Phi) is 8.13. The van der Waals surface area contributed by atoms with Crippen molar-refractivity contribution in [2.45, 2.75) is 37.4 Å². The fourth-order valence-electron chi connectivity index (χ4n) is 3.94. The molecule has 180 valence electrons. The second-order valence-corrected chi connectivity index (χ2v) is 10.1. The summed E-state index contributed by atoms with van der Waals surface area (Å²) in [5.74, 6) is 0.961. The van der Waals surface area contributed by atoms with Gasteiger partial charge < -0.3 is 10.2 Å². The number of anilines is 2. The second-order valence-electron chi connectivity index (χ2n) is 8.72. The summed E-state index contributed by atoms with van der Waals surface area (Å²) < 4.78 is 1.99. The standard InChI is InChI=1S/C25H31ClN6OS/c1-18(30(2)3)24-28-29-25(32(24)22-11-7-19(26)8-12-22)34-17-23(33)27-20-9-13-21(14-10-20)31-15-5-4-6-16-31/h7-14,18H,4-6,15-17H2,1-3H3,(H,27,33). The van der Waals surface area contributed by atoms with Crippen LogP contribution in [0.25, 0.3) is 5.69 Å². The Labute approximate surface area is 210 Å². The fourth-order valence-corrected chi connectivity index (χ4v) is 4.83. The average Bonchev–Trinajstić information content (AvgIpc) is 3.27. The molecule has 1 unspecified atom stereocenters. The van der Waals surface area contributed by atoms with E-state index in [9.17, 15) is 4.79 Å². The molecule has 1 atom stereocenters. The lowest BCUT2D eigenvalue weighted by molar-refractivity contribution is -0.113. The van der Waals surface area contributed by atoms with Gasteiger partial charge in [0.15, 0.2) is 11.0 Å². The molecule has 0 bridgehead atoms. The minimum Gasteiger partial charge on any atom is -0.372 e. The number of carbonyl (C=O) groups excluding carboxylic acids is 1. The van der Waals surface area contributed by atoms with E-state index in [4.69, 9.17) is 11.6 Å². The molecule has 3 aromatic rings. The van der Waals surface area contributed by atoms with E-state index >= 15 is 0 Å². The molecule has 9 heteroatoms. The summed E-state index contributed by atoms with van der Waals surface area (Å²) >= 11 is 7.46. The van der Waals surface area contributed by atoms with E-state index in [2.05, 4.69) is 44.4 Å². The van der Waals surface area contributed by atoms with Crippen LogP contribution in [0, 0.1) is 0 Å². The topological polar surface area (TPSA) is 66.3 Å². The molecular formula is C25H31ClN6OS. The van der Waals surface area contributed by atoms with E-state index in [-0.39, 0.29) is 17.7 Å². The highest BCUT2D eigenvalue weighted by atomic mass is 35.5. The molecule has 1 amide bonds. The lowest BCUT2D eigenvalue weighted by atomic mass is 10.1. The first-order valence-corrected chi connectivity index (χ1v) is 12.9. The van der Waals surface area contributed by atoms with E-state index < -0.39 is 0 Å². The first-order chi connectivity index (χ1) is 16.4. The molecule has 4 rings (SSSR count). The molecule has 1 aliphatic heterocycles. The van der Waals surface area contributed by atoms with E-state index in [0.29, 0.717) is 10.2 Å². The number of hydrogen-bond donors (Lipinski definition) is 1. The minimum atomic E-state index is -0.0800. The Balaban J connectivity index is 1.43. The van der Waals surface area contributed by atoms with Crippen LogP contribution in [0.1, 0.15) is 38.1 Å². The predicted molar refractivity (Wildman–Crippen MR) is 140 cm³/mol. The first-order valence-electron chi connectivity index (χ1n) is 11.6. The van der Waals surface area contributed by atoms with Gasteiger partial charge in [-0.2, -0.15) is 0 Å². The molecule has 1 fully saturated rings. The molecule has 7 nitrogen and oxygen atoms in total. The number of nitrogens with one attached hydrogen (secondary N) is 1. The Morgan fingerprint density at radius 2 is 1.68 bits per heavy atom. The monoisotopic (exact) mass is 498 g/mol. The average molecular weight is 499 g/mol. The van der Waals surface area contributed by atoms with Crippen molar-refractivity contribution >= 4 is 40.6 Å². The van der Waals surface area contributed by atoms with Crippen molar-refractivity contribution in [2.75, 3.05) is 43.2 Å². The van der Waals surface area contributed by atoms with E-state index in [0.717, 1.165) is 30.3 Å². The van der Waals surface area contributed by atoms with Gasteiger partial charge in [-0.1, -0.05) is 23.4 Å². The van der Waals surface area contributed by atoms with Gasteiger partial charge in [-0.3, -0.25) is 14.3 Å². The van der Waals surface area contributed by atoms with Crippen LogP contribution in [0.4, 0.5) is 11.4 Å². The van der Waals surface area contributed by atoms with E-state index in [1.54, 1.807) is 0 Å². The summed E-state index contributed by atoms with van der Waals surface area (Å²) in [6, 6.07) is 15.7. The molecule has 1 aliphatic rings. The third kappa shape index (κ3) is 5.92. The van der Waals surface area contributed by atoms with Gasteiger partial charge in [0.2, 0.25) is 5.91 Å². The number of benzene rings is 2. The van der Waals surface area contributed by atoms with Crippen molar-refractivity contribution in [3.05, 3.63) is 59.4 Å². The lowest BCUT2D eigenvalue weighted by Crippen LogP contribution is -2.29. The Morgan fingerprint density at radius 3 is 2.32 bits per heavy atom. The molecule has 2 aromatic carbocycles. The molecule has 0 radical (unpaired) electrons. The summed E-state index contributed by atoms with van der Waals surface area (Å²) in [4.78, 5) is 17.2. The van der Waals surface area contributed by atoms with Gasteiger partial charge in [-0.05, 0) is 88.8 Å². The summed E-state index contributed by atoms with van der Waals surface area (Å²) in [6.07, 6.45) is 3.79. The van der Waals surface area contributed by atoms with Crippen molar-refractivity contribution < 1.29 is 4.79 Å². The van der Waals surface area contributed by atoms with Crippen molar-refractivity contribution in [2.24, 2.45) is 0 Å². The predicted octanol–water partition coefficient (Wildman–Crippen LogP) is 5.26. The van der Waals surface area contributed by atoms with Gasteiger partial charge in [0.25, 0.3) is 0 Å². The van der Waals surface area contributed by atoms with Gasteiger partial charge in [-0.25, -0.2) is 0 Å². The van der Waals surface area contributed by atoms with E-state index in [1.807, 2.05) is 55.1 Å². The molecular weight excluding hydrogens is 468 g/mol. The van der Waals surface area contributed by atoms with Gasteiger partial charge in [-0.15, -0.1) is 10.2 Å². The summed E-state index contributed by atoms with van der Waals surface area (Å²) in [7, 11) is 4.00. The van der Waals surface area contributed by atoms with Crippen LogP contribution in [0.15, 0.2) is 53.7 Å². The maximum atomic E-state index is 12.7. The third-order valence-electron chi connectivity index (χ3n) is 6.10. The molecule has 0 aliphatic carbocycles. The molecule has 1 aromatic heterocycles. The van der Waals surface area contributed by atoms with Crippen molar-refractivity contribution in [1.29, 1.82) is 0 Å². The van der Waals surface area contributed by atoms with Gasteiger partial charge in [0.05, 0.1) is 11.8 Å². The van der Waals surface area contributed by atoms with Crippen LogP contribution in [0.2, 0.25) is 5.02 Å². The fraction of sp³-hybridized carbons (Fsp3) is 0.400. The number of carbonyl (C=O) groups is 1. The van der Waals surface area contributed by atoms with Crippen molar-refractivity contribution in [3.8, 4) is 5.69 Å². The number of thioether (sulfide) groups is 1. The second kappa shape index (κ2) is 11.3. The molecule has 0 spiro atoms. The van der Waals surface area contributed by atoms with Crippen molar-refractivity contribution in [1.82, 2.24) is 19.7 Å². The number of hydrogen-bond acceptors (Lipinski definition) is 6. The third-order valence-corrected chi connectivity index (χ3v) is 7.28. The Morgan fingerprint density at radius 1 is 1.03 bits per heavy atom. The number of piperidine rings is 1. The van der Waals surface area contributed by atoms with Crippen LogP contribution < -0.4 is 10.2 Å². The SMILES string of the molecule is CC(c1nnc(SCC(=O)Nc2ccc(N3CCCCC3)cc2)n1-c1ccc(Cl)cc1)N(C)C. The highest BCUT2D eigenvalue weighted by Gasteiger charge is 2.21. The van der Waals surface area contributed by atoms with Crippen LogP contribution >= 0.6 is 23.4 Å². The Hall–Kier alpha value is -2.55. The summed E-state index contributed by atoms with van der Waals surface area (Å²) in [5.41, 5.74) is 2.92. The molecule has 1 N–H and O–H groups in total. The molecule has 34 heavy (non-hydrogen) atoms. The number of aromatic nitrogens is 3. The minimum absolute atomic E-state index is 0.0461. The Bertz CT molecular complexity index is 1090. The highest BCUT2D eigenvalue weighted by molar-refractivity contribution is 7.99. The van der Waals surface area contributed by atoms with Gasteiger partial charge in [0, 0.05) is 35.2 Å². The first kappa shape index (κ1) is 24.6. The maximum absolute atomic E-state index is 12.7. The van der Waals surface area contributed by atoms with Crippen LogP contribution in [0.5, 0.6) is 0 Å². The highest BCUT2D eigenvalue weighted by Crippen LogP contribution is 2.28. The maximum Gasteiger partial charge on any atom is 0.234 e. The quantitative estimate of drug-likeness (QED) is 0.427. The summed E-state index contributed by atoms with van der Waals surface area (Å²) in [5, 5.41) is 13.2. The number of amides is 1. The molecule has 0 saturated carbocycles.